The van der Waals surface area contributed by atoms with Gasteiger partial charge in [-0.05, 0) is 46.3 Å². The van der Waals surface area contributed by atoms with Crippen molar-refractivity contribution in [2.45, 2.75) is 6.54 Å². The zero-order valence-electron chi connectivity index (χ0n) is 10.3. The third-order valence-electron chi connectivity index (χ3n) is 2.79. The summed E-state index contributed by atoms with van der Waals surface area (Å²) in [7, 11) is 0. The van der Waals surface area contributed by atoms with E-state index in [1.54, 1.807) is 29.5 Å². The highest BCUT2D eigenvalue weighted by molar-refractivity contribution is 9.11. The summed E-state index contributed by atoms with van der Waals surface area (Å²) in [4.78, 5) is 20.2. The Morgan fingerprint density at radius 2 is 2.20 bits per heavy atom. The van der Waals surface area contributed by atoms with Crippen molar-refractivity contribution in [1.29, 1.82) is 0 Å². The van der Waals surface area contributed by atoms with Gasteiger partial charge in [0, 0.05) is 10.6 Å². The lowest BCUT2D eigenvalue weighted by molar-refractivity contribution is 1.07. The van der Waals surface area contributed by atoms with E-state index in [1.807, 2.05) is 12.1 Å². The molecule has 0 fully saturated rings. The molecule has 0 bridgehead atoms. The van der Waals surface area contributed by atoms with Gasteiger partial charge >= 0.3 is 0 Å². The van der Waals surface area contributed by atoms with Crippen LogP contribution in [0, 0.1) is 0 Å². The van der Waals surface area contributed by atoms with Crippen LogP contribution >= 0.6 is 27.3 Å². The normalized spacial score (nSPS) is 10.8. The van der Waals surface area contributed by atoms with Crippen LogP contribution in [0.5, 0.6) is 0 Å². The summed E-state index contributed by atoms with van der Waals surface area (Å²) in [5.41, 5.74) is 6.64. The van der Waals surface area contributed by atoms with Crippen molar-refractivity contribution in [3.05, 3.63) is 49.3 Å². The smallest absolute Gasteiger partial charge is 0.260 e. The molecule has 0 saturated carbocycles. The fourth-order valence-corrected chi connectivity index (χ4v) is 3.28. The molecule has 0 aliphatic carbocycles. The molecule has 3 rings (SSSR count). The molecule has 2 heterocycles. The van der Waals surface area contributed by atoms with Crippen LogP contribution in [0.15, 0.2) is 38.9 Å². The Kier molecular flexibility index (Phi) is 3.45. The molecule has 2 aromatic heterocycles. The molecule has 0 atom stereocenters. The first-order valence-electron chi connectivity index (χ1n) is 5.89. The average Bonchev–Trinajstić information content (AvgIpc) is 2.83. The van der Waals surface area contributed by atoms with Gasteiger partial charge in [-0.25, -0.2) is 4.98 Å². The number of hydrogen-bond acceptors (Lipinski definition) is 5. The van der Waals surface area contributed by atoms with Gasteiger partial charge in [-0.15, -0.1) is 11.3 Å². The Balaban J connectivity index is 1.89. The summed E-state index contributed by atoms with van der Waals surface area (Å²) in [5, 5.41) is 3.61. The lowest BCUT2D eigenvalue weighted by Gasteiger charge is -2.05. The Bertz CT molecular complexity index is 827. The van der Waals surface area contributed by atoms with Gasteiger partial charge < -0.3 is 11.1 Å². The fourth-order valence-electron chi connectivity index (χ4n) is 1.86. The number of hydrogen-bond donors (Lipinski definition) is 3. The molecule has 3 aromatic rings. The first-order chi connectivity index (χ1) is 9.61. The fraction of sp³-hybridized carbons (Fsp3) is 0.0769. The highest BCUT2D eigenvalue weighted by Crippen LogP contribution is 2.22. The van der Waals surface area contributed by atoms with Crippen molar-refractivity contribution >= 4 is 49.8 Å². The number of nitrogens with zero attached hydrogens (tertiary/aromatic N) is 1. The summed E-state index contributed by atoms with van der Waals surface area (Å²) in [6.45, 7) is 0.611. The van der Waals surface area contributed by atoms with Crippen molar-refractivity contribution in [3.8, 4) is 0 Å². The second kappa shape index (κ2) is 5.26. The molecule has 4 N–H and O–H groups in total. The topological polar surface area (TPSA) is 83.8 Å². The van der Waals surface area contributed by atoms with Gasteiger partial charge in [0.25, 0.3) is 5.56 Å². The minimum absolute atomic E-state index is 0.197. The number of nitrogens with one attached hydrogen (secondary N) is 2. The molecule has 0 amide bonds. The van der Waals surface area contributed by atoms with Crippen LogP contribution in [0.3, 0.4) is 0 Å². The lowest BCUT2D eigenvalue weighted by Crippen LogP contribution is -2.13. The van der Waals surface area contributed by atoms with Gasteiger partial charge in [0.1, 0.15) is 0 Å². The molecule has 0 radical (unpaired) electrons. The predicted octanol–water partition coefficient (Wildman–Crippen LogP) is 2.94. The number of rotatable bonds is 3. The van der Waals surface area contributed by atoms with Gasteiger partial charge in [0.15, 0.2) is 0 Å². The van der Waals surface area contributed by atoms with E-state index in [9.17, 15) is 4.79 Å². The Hall–Kier alpha value is -1.86. The van der Waals surface area contributed by atoms with Crippen molar-refractivity contribution in [2.24, 2.45) is 0 Å². The van der Waals surface area contributed by atoms with Gasteiger partial charge in [-0.1, -0.05) is 0 Å². The van der Waals surface area contributed by atoms with E-state index in [1.165, 1.54) is 0 Å². The van der Waals surface area contributed by atoms with Gasteiger partial charge in [-0.2, -0.15) is 0 Å². The molecular formula is C13H11BrN4OS. The summed E-state index contributed by atoms with van der Waals surface area (Å²) in [6.07, 6.45) is 0. The summed E-state index contributed by atoms with van der Waals surface area (Å²) in [6, 6.07) is 9.10. The Morgan fingerprint density at radius 3 is 2.95 bits per heavy atom. The molecular weight excluding hydrogens is 340 g/mol. The van der Waals surface area contributed by atoms with E-state index in [0.717, 1.165) is 8.66 Å². The van der Waals surface area contributed by atoms with Crippen LogP contribution in [0.4, 0.5) is 11.6 Å². The molecule has 0 unspecified atom stereocenters. The zero-order chi connectivity index (χ0) is 14.1. The van der Waals surface area contributed by atoms with Crippen LogP contribution in [-0.2, 0) is 6.54 Å². The van der Waals surface area contributed by atoms with Crippen LogP contribution in [0.2, 0.25) is 0 Å². The van der Waals surface area contributed by atoms with Crippen molar-refractivity contribution in [1.82, 2.24) is 9.97 Å². The minimum Gasteiger partial charge on any atom is -0.399 e. The molecule has 0 saturated heterocycles. The SMILES string of the molecule is Nc1ccc2nc(NCc3ccc(Br)s3)[nH]c(=O)c2c1. The quantitative estimate of drug-likeness (QED) is 0.634. The largest absolute Gasteiger partial charge is 0.399 e. The van der Waals surface area contributed by atoms with Crippen LogP contribution < -0.4 is 16.6 Å². The molecule has 1 aromatic carbocycles. The minimum atomic E-state index is -0.197. The van der Waals surface area contributed by atoms with Gasteiger partial charge in [0.2, 0.25) is 5.95 Å². The third kappa shape index (κ3) is 2.68. The molecule has 0 aliphatic heterocycles. The summed E-state index contributed by atoms with van der Waals surface area (Å²) < 4.78 is 1.07. The van der Waals surface area contributed by atoms with Gasteiger partial charge in [-0.3, -0.25) is 9.78 Å². The number of aromatic nitrogens is 2. The lowest BCUT2D eigenvalue weighted by atomic mass is 10.2. The van der Waals surface area contributed by atoms with E-state index >= 15 is 0 Å². The number of halogens is 1. The highest BCUT2D eigenvalue weighted by Gasteiger charge is 2.05. The molecule has 5 nitrogen and oxygen atoms in total. The van der Waals surface area contributed by atoms with E-state index in [4.69, 9.17) is 5.73 Å². The average molecular weight is 351 g/mol. The molecule has 0 aliphatic rings. The second-order valence-corrected chi connectivity index (χ2v) is 6.80. The van der Waals surface area contributed by atoms with Crippen molar-refractivity contribution in [3.63, 3.8) is 0 Å². The molecule has 102 valence electrons. The summed E-state index contributed by atoms with van der Waals surface area (Å²) >= 11 is 5.05. The van der Waals surface area contributed by atoms with Crippen LogP contribution in [-0.4, -0.2) is 9.97 Å². The van der Waals surface area contributed by atoms with Crippen molar-refractivity contribution < 1.29 is 0 Å². The van der Waals surface area contributed by atoms with Gasteiger partial charge in [0.05, 0.1) is 21.2 Å². The van der Waals surface area contributed by atoms with E-state index in [2.05, 4.69) is 31.2 Å². The first-order valence-corrected chi connectivity index (χ1v) is 7.50. The number of anilines is 2. The molecule has 7 heteroatoms. The molecule has 20 heavy (non-hydrogen) atoms. The van der Waals surface area contributed by atoms with Crippen LogP contribution in [0.1, 0.15) is 4.88 Å². The number of nitrogens with two attached hydrogens (primary N) is 1. The zero-order valence-corrected chi connectivity index (χ0v) is 12.7. The van der Waals surface area contributed by atoms with E-state index in [0.29, 0.717) is 29.1 Å². The van der Waals surface area contributed by atoms with E-state index < -0.39 is 0 Å². The van der Waals surface area contributed by atoms with Crippen LogP contribution in [0.25, 0.3) is 10.9 Å². The number of benzene rings is 1. The second-order valence-electron chi connectivity index (χ2n) is 4.25. The number of thiophene rings is 1. The third-order valence-corrected chi connectivity index (χ3v) is 4.41. The standard InChI is InChI=1S/C13H11BrN4OS/c14-11-4-2-8(20-11)6-16-13-17-10-3-1-7(15)5-9(10)12(19)18-13/h1-5H,6,15H2,(H2,16,17,18,19). The predicted molar refractivity (Wildman–Crippen MR) is 86.1 cm³/mol. The maximum atomic E-state index is 12.0. The molecule has 0 spiro atoms. The number of nitrogen functional groups attached to an aromatic ring is 1. The van der Waals surface area contributed by atoms with Crippen molar-refractivity contribution in [2.75, 3.05) is 11.1 Å². The maximum Gasteiger partial charge on any atom is 0.260 e. The highest BCUT2D eigenvalue weighted by atomic mass is 79.9. The number of aromatic amines is 1. The monoisotopic (exact) mass is 350 g/mol. The maximum absolute atomic E-state index is 12.0. The summed E-state index contributed by atoms with van der Waals surface area (Å²) in [5.74, 6) is 0.455. The first kappa shape index (κ1) is 13.1. The number of H-pyrrole nitrogens is 1. The Labute approximate surface area is 127 Å². The number of fused-ring (bicyclic) bond motifs is 1. The van der Waals surface area contributed by atoms with E-state index in [-0.39, 0.29) is 5.56 Å². The Morgan fingerprint density at radius 1 is 1.35 bits per heavy atom.